The highest BCUT2D eigenvalue weighted by Gasteiger charge is 2.35. The summed E-state index contributed by atoms with van der Waals surface area (Å²) in [6, 6.07) is 13.5. The van der Waals surface area contributed by atoms with Crippen LogP contribution in [-0.4, -0.2) is 47.0 Å². The Labute approximate surface area is 220 Å². The number of benzene rings is 2. The lowest BCUT2D eigenvalue weighted by molar-refractivity contribution is -0.126. The molecule has 2 aromatic carbocycles. The van der Waals surface area contributed by atoms with Crippen LogP contribution in [0.1, 0.15) is 39.2 Å². The summed E-state index contributed by atoms with van der Waals surface area (Å²) >= 11 is 0. The van der Waals surface area contributed by atoms with E-state index in [1.807, 2.05) is 36.4 Å². The third-order valence-electron chi connectivity index (χ3n) is 6.28. The van der Waals surface area contributed by atoms with E-state index in [4.69, 9.17) is 13.9 Å². The van der Waals surface area contributed by atoms with Crippen molar-refractivity contribution in [3.63, 3.8) is 0 Å². The molecule has 2 amide bonds. The van der Waals surface area contributed by atoms with Gasteiger partial charge in [-0.1, -0.05) is 30.3 Å². The number of aromatic nitrogens is 1. The number of amides is 2. The van der Waals surface area contributed by atoms with Crippen LogP contribution < -0.4 is 16.4 Å². The SMILES string of the molecule is Cn1c(=O)oc2ccc(-c3ccc(C[C@@H](C#N)NC(=O)[C@@H](NC(=O)OC(C)(C)C)[C@@H]4CCCO4)cc3)cc21. The highest BCUT2D eigenvalue weighted by molar-refractivity contribution is 5.87. The minimum Gasteiger partial charge on any atom is -0.444 e. The van der Waals surface area contributed by atoms with Gasteiger partial charge in [0.15, 0.2) is 5.58 Å². The van der Waals surface area contributed by atoms with E-state index in [1.54, 1.807) is 33.9 Å². The summed E-state index contributed by atoms with van der Waals surface area (Å²) in [6.45, 7) is 5.72. The quantitative estimate of drug-likeness (QED) is 0.487. The molecule has 200 valence electrons. The Bertz CT molecular complexity index is 1400. The van der Waals surface area contributed by atoms with Gasteiger partial charge in [-0.2, -0.15) is 5.26 Å². The highest BCUT2D eigenvalue weighted by atomic mass is 16.6. The fraction of sp³-hybridized carbons (Fsp3) is 0.429. The van der Waals surface area contributed by atoms with Crippen molar-refractivity contribution in [2.75, 3.05) is 6.61 Å². The van der Waals surface area contributed by atoms with Crippen molar-refractivity contribution in [1.82, 2.24) is 15.2 Å². The zero-order valence-electron chi connectivity index (χ0n) is 21.9. The number of carbonyl (C=O) groups is 2. The molecule has 2 heterocycles. The van der Waals surface area contributed by atoms with Gasteiger partial charge in [0.2, 0.25) is 5.91 Å². The predicted molar refractivity (Wildman–Crippen MR) is 140 cm³/mol. The molecule has 1 fully saturated rings. The van der Waals surface area contributed by atoms with Gasteiger partial charge >= 0.3 is 11.8 Å². The lowest BCUT2D eigenvalue weighted by Gasteiger charge is -2.27. The standard InChI is InChI=1S/C28H32N4O6/c1-28(2,3)38-26(34)31-24(23-6-5-13-36-23)25(33)30-20(16-29)14-17-7-9-18(10-8-17)19-11-12-22-21(15-19)32(4)27(35)37-22/h7-12,15,20,23-24H,5-6,13-14H2,1-4H3,(H,30,33)(H,31,34)/t20-,23-,24-/m0/s1. The van der Waals surface area contributed by atoms with E-state index in [9.17, 15) is 19.6 Å². The summed E-state index contributed by atoms with van der Waals surface area (Å²) in [6.07, 6.45) is 0.468. The van der Waals surface area contributed by atoms with Gasteiger partial charge in [0.05, 0.1) is 17.7 Å². The van der Waals surface area contributed by atoms with Crippen LogP contribution in [0.4, 0.5) is 4.79 Å². The fourth-order valence-electron chi connectivity index (χ4n) is 4.39. The summed E-state index contributed by atoms with van der Waals surface area (Å²) in [4.78, 5) is 37.3. The van der Waals surface area contributed by atoms with Gasteiger partial charge in [-0.05, 0) is 62.4 Å². The molecule has 0 spiro atoms. The first-order valence-corrected chi connectivity index (χ1v) is 12.5. The van der Waals surface area contributed by atoms with E-state index < -0.39 is 41.5 Å². The van der Waals surface area contributed by atoms with Crippen LogP contribution >= 0.6 is 0 Å². The van der Waals surface area contributed by atoms with Crippen molar-refractivity contribution >= 4 is 23.1 Å². The number of oxazole rings is 1. The van der Waals surface area contributed by atoms with Crippen LogP contribution in [0.3, 0.4) is 0 Å². The van der Waals surface area contributed by atoms with E-state index in [0.29, 0.717) is 24.1 Å². The molecule has 0 aliphatic carbocycles. The molecular weight excluding hydrogens is 488 g/mol. The maximum absolute atomic E-state index is 13.1. The number of rotatable bonds is 7. The number of carbonyl (C=O) groups excluding carboxylic acids is 2. The largest absolute Gasteiger partial charge is 0.444 e. The Kier molecular flexibility index (Phi) is 7.88. The number of hydrogen-bond acceptors (Lipinski definition) is 7. The monoisotopic (exact) mass is 520 g/mol. The van der Waals surface area contributed by atoms with Crippen LogP contribution in [-0.2, 0) is 27.7 Å². The van der Waals surface area contributed by atoms with Gasteiger partial charge < -0.3 is 24.5 Å². The Morgan fingerprint density at radius 2 is 1.87 bits per heavy atom. The first-order valence-electron chi connectivity index (χ1n) is 12.5. The molecule has 10 nitrogen and oxygen atoms in total. The second-order valence-electron chi connectivity index (χ2n) is 10.4. The number of hydrogen-bond donors (Lipinski definition) is 2. The van der Waals surface area contributed by atoms with Crippen LogP contribution in [0.15, 0.2) is 51.7 Å². The average molecular weight is 521 g/mol. The number of fused-ring (bicyclic) bond motifs is 1. The molecule has 1 saturated heterocycles. The molecule has 2 N–H and O–H groups in total. The van der Waals surface area contributed by atoms with E-state index in [-0.39, 0.29) is 6.42 Å². The van der Waals surface area contributed by atoms with E-state index in [1.165, 1.54) is 4.57 Å². The van der Waals surface area contributed by atoms with Crippen LogP contribution in [0.25, 0.3) is 22.2 Å². The summed E-state index contributed by atoms with van der Waals surface area (Å²) in [7, 11) is 1.66. The molecule has 38 heavy (non-hydrogen) atoms. The highest BCUT2D eigenvalue weighted by Crippen LogP contribution is 2.25. The Morgan fingerprint density at radius 1 is 1.16 bits per heavy atom. The molecular formula is C28H32N4O6. The summed E-state index contributed by atoms with van der Waals surface area (Å²) in [5.41, 5.74) is 3.20. The summed E-state index contributed by atoms with van der Waals surface area (Å²) in [5.74, 6) is -0.912. The van der Waals surface area contributed by atoms with Crippen molar-refractivity contribution in [3.8, 4) is 17.2 Å². The molecule has 3 atom stereocenters. The molecule has 0 radical (unpaired) electrons. The van der Waals surface area contributed by atoms with Gasteiger partial charge in [0.25, 0.3) is 0 Å². The van der Waals surface area contributed by atoms with Gasteiger partial charge in [0.1, 0.15) is 17.7 Å². The van der Waals surface area contributed by atoms with Crippen molar-refractivity contribution in [1.29, 1.82) is 5.26 Å². The molecule has 10 heteroatoms. The van der Waals surface area contributed by atoms with Gasteiger partial charge in [0, 0.05) is 20.1 Å². The number of nitriles is 1. The molecule has 0 bridgehead atoms. The number of aryl methyl sites for hydroxylation is 1. The molecule has 3 aromatic rings. The maximum Gasteiger partial charge on any atom is 0.419 e. The molecule has 1 aromatic heterocycles. The Balaban J connectivity index is 1.43. The topological polar surface area (TPSA) is 136 Å². The number of ether oxygens (including phenoxy) is 2. The second kappa shape index (κ2) is 11.1. The first kappa shape index (κ1) is 26.9. The smallest absolute Gasteiger partial charge is 0.419 e. The zero-order valence-corrected chi connectivity index (χ0v) is 21.9. The normalized spacial score (nSPS) is 17.0. The molecule has 0 unspecified atom stereocenters. The predicted octanol–water partition coefficient (Wildman–Crippen LogP) is 3.42. The molecule has 1 aliphatic rings. The Hall–Kier alpha value is -4.10. The lowest BCUT2D eigenvalue weighted by atomic mass is 10.00. The molecule has 4 rings (SSSR count). The van der Waals surface area contributed by atoms with Gasteiger partial charge in [-0.15, -0.1) is 0 Å². The number of nitrogens with one attached hydrogen (secondary N) is 2. The molecule has 0 saturated carbocycles. The van der Waals surface area contributed by atoms with E-state index in [2.05, 4.69) is 16.7 Å². The summed E-state index contributed by atoms with van der Waals surface area (Å²) in [5, 5.41) is 15.1. The summed E-state index contributed by atoms with van der Waals surface area (Å²) < 4.78 is 17.6. The van der Waals surface area contributed by atoms with E-state index in [0.717, 1.165) is 23.1 Å². The van der Waals surface area contributed by atoms with Crippen molar-refractivity contribution in [3.05, 3.63) is 58.6 Å². The lowest BCUT2D eigenvalue weighted by Crippen LogP contribution is -2.55. The van der Waals surface area contributed by atoms with Crippen LogP contribution in [0.5, 0.6) is 0 Å². The fourth-order valence-corrected chi connectivity index (χ4v) is 4.39. The van der Waals surface area contributed by atoms with E-state index >= 15 is 0 Å². The molecule has 1 aliphatic heterocycles. The van der Waals surface area contributed by atoms with Crippen LogP contribution in [0, 0.1) is 11.3 Å². The van der Waals surface area contributed by atoms with Crippen molar-refractivity contribution in [2.45, 2.75) is 63.8 Å². The average Bonchev–Trinajstić information content (AvgIpc) is 3.49. The van der Waals surface area contributed by atoms with Crippen molar-refractivity contribution in [2.24, 2.45) is 7.05 Å². The third-order valence-corrected chi connectivity index (χ3v) is 6.28. The number of alkyl carbamates (subject to hydrolysis) is 1. The minimum atomic E-state index is -0.973. The van der Waals surface area contributed by atoms with Crippen LogP contribution in [0.2, 0.25) is 0 Å². The zero-order chi connectivity index (χ0) is 27.4. The maximum atomic E-state index is 13.1. The minimum absolute atomic E-state index is 0.280. The first-order chi connectivity index (χ1) is 18.0. The third kappa shape index (κ3) is 6.42. The van der Waals surface area contributed by atoms with Gasteiger partial charge in [-0.25, -0.2) is 9.59 Å². The Morgan fingerprint density at radius 3 is 2.50 bits per heavy atom. The van der Waals surface area contributed by atoms with Gasteiger partial charge in [-0.3, -0.25) is 9.36 Å². The number of nitrogens with zero attached hydrogens (tertiary/aromatic N) is 2. The second-order valence-corrected chi connectivity index (χ2v) is 10.4. The van der Waals surface area contributed by atoms with Crippen molar-refractivity contribution < 1.29 is 23.5 Å².